The Morgan fingerprint density at radius 1 is 1.09 bits per heavy atom. The van der Waals surface area contributed by atoms with Crippen LogP contribution >= 0.6 is 0 Å². The Balaban J connectivity index is 1.76. The highest BCUT2D eigenvalue weighted by molar-refractivity contribution is 6.17. The number of benzene rings is 2. The summed E-state index contributed by atoms with van der Waals surface area (Å²) in [6.07, 6.45) is 1.69. The Hall–Kier alpha value is -3.41. The van der Waals surface area contributed by atoms with Crippen LogP contribution in [0.3, 0.4) is 0 Å². The molecule has 23 heavy (non-hydrogen) atoms. The molecular formula is C17H13N3O3. The molecule has 6 nitrogen and oxygen atoms in total. The summed E-state index contributed by atoms with van der Waals surface area (Å²) in [5.74, 6) is -0.977. The van der Waals surface area contributed by atoms with Gasteiger partial charge in [-0.25, -0.2) is 9.79 Å². The van der Waals surface area contributed by atoms with Crippen LogP contribution in [0.2, 0.25) is 0 Å². The Labute approximate surface area is 132 Å². The molecule has 114 valence electrons. The zero-order chi connectivity index (χ0) is 16.2. The number of amides is 1. The third-order valence-corrected chi connectivity index (χ3v) is 3.19. The van der Waals surface area contributed by atoms with Crippen LogP contribution in [-0.4, -0.2) is 22.9 Å². The van der Waals surface area contributed by atoms with Gasteiger partial charge in [0.05, 0.1) is 5.56 Å². The summed E-state index contributed by atoms with van der Waals surface area (Å²) in [7, 11) is 0. The van der Waals surface area contributed by atoms with Crippen molar-refractivity contribution in [1.82, 2.24) is 5.32 Å². The van der Waals surface area contributed by atoms with Crippen LogP contribution in [0.1, 0.15) is 15.9 Å². The predicted molar refractivity (Wildman–Crippen MR) is 87.0 cm³/mol. The van der Waals surface area contributed by atoms with E-state index in [9.17, 15) is 9.59 Å². The Kier molecular flexibility index (Phi) is 3.88. The molecule has 0 aliphatic carbocycles. The molecule has 3 N–H and O–H groups in total. The maximum atomic E-state index is 11.9. The molecule has 0 radical (unpaired) electrons. The lowest BCUT2D eigenvalue weighted by molar-refractivity contribution is -0.115. The average Bonchev–Trinajstić information content (AvgIpc) is 2.88. The van der Waals surface area contributed by atoms with Gasteiger partial charge >= 0.3 is 5.97 Å². The van der Waals surface area contributed by atoms with E-state index in [1.54, 1.807) is 18.2 Å². The van der Waals surface area contributed by atoms with E-state index in [1.807, 2.05) is 30.3 Å². The number of carbonyl (C=O) groups is 2. The molecule has 1 aliphatic rings. The third-order valence-electron chi connectivity index (χ3n) is 3.19. The lowest BCUT2D eigenvalue weighted by atomic mass is 10.2. The number of nitrogens with one attached hydrogen (secondary N) is 2. The number of rotatable bonds is 3. The van der Waals surface area contributed by atoms with E-state index < -0.39 is 5.97 Å². The standard InChI is InChI=1S/C17H13N3O3/c21-15-14(10-11-4-2-1-3-5-11)19-17(20-15)18-13-8-6-12(7-9-13)16(22)23/h1-10H,(H,22,23)(H2,18,19,20,21)/b14-10+. The first-order valence-corrected chi connectivity index (χ1v) is 6.89. The number of hydrogen-bond acceptors (Lipinski definition) is 4. The van der Waals surface area contributed by atoms with Gasteiger partial charge in [-0.3, -0.25) is 10.1 Å². The number of aromatic carboxylic acids is 1. The van der Waals surface area contributed by atoms with Crippen molar-refractivity contribution in [3.8, 4) is 0 Å². The number of guanidine groups is 1. The second kappa shape index (κ2) is 6.15. The van der Waals surface area contributed by atoms with Crippen LogP contribution < -0.4 is 10.6 Å². The molecule has 0 unspecified atom stereocenters. The molecule has 0 saturated carbocycles. The molecular weight excluding hydrogens is 294 g/mol. The highest BCUT2D eigenvalue weighted by Crippen LogP contribution is 2.14. The van der Waals surface area contributed by atoms with E-state index in [1.165, 1.54) is 12.1 Å². The van der Waals surface area contributed by atoms with Gasteiger partial charge in [-0.2, -0.15) is 0 Å². The average molecular weight is 307 g/mol. The first-order chi connectivity index (χ1) is 11.1. The van der Waals surface area contributed by atoms with Crippen molar-refractivity contribution in [2.45, 2.75) is 0 Å². The zero-order valence-electron chi connectivity index (χ0n) is 12.0. The van der Waals surface area contributed by atoms with Crippen molar-refractivity contribution in [3.05, 3.63) is 71.4 Å². The summed E-state index contributed by atoms with van der Waals surface area (Å²) < 4.78 is 0. The fourth-order valence-electron chi connectivity index (χ4n) is 2.07. The van der Waals surface area contributed by atoms with Crippen molar-refractivity contribution in [3.63, 3.8) is 0 Å². The van der Waals surface area contributed by atoms with Crippen molar-refractivity contribution in [1.29, 1.82) is 0 Å². The second-order valence-corrected chi connectivity index (χ2v) is 4.86. The quantitative estimate of drug-likeness (QED) is 0.759. The minimum Gasteiger partial charge on any atom is -0.478 e. The largest absolute Gasteiger partial charge is 0.478 e. The van der Waals surface area contributed by atoms with Gasteiger partial charge in [0.15, 0.2) is 0 Å². The molecule has 1 amide bonds. The number of aliphatic imine (C=N–C) groups is 1. The third kappa shape index (κ3) is 3.44. The van der Waals surface area contributed by atoms with E-state index in [-0.39, 0.29) is 11.5 Å². The highest BCUT2D eigenvalue weighted by Gasteiger charge is 2.20. The van der Waals surface area contributed by atoms with Crippen LogP contribution in [-0.2, 0) is 4.79 Å². The van der Waals surface area contributed by atoms with Crippen molar-refractivity contribution < 1.29 is 14.7 Å². The highest BCUT2D eigenvalue weighted by atomic mass is 16.4. The van der Waals surface area contributed by atoms with E-state index in [4.69, 9.17) is 5.11 Å². The van der Waals surface area contributed by atoms with Crippen LogP contribution in [0, 0.1) is 0 Å². The summed E-state index contributed by atoms with van der Waals surface area (Å²) in [5, 5.41) is 14.4. The van der Waals surface area contributed by atoms with Gasteiger partial charge < -0.3 is 10.4 Å². The number of carbonyl (C=O) groups excluding carboxylic acids is 1. The summed E-state index contributed by atoms with van der Waals surface area (Å²) in [4.78, 5) is 26.9. The van der Waals surface area contributed by atoms with Gasteiger partial charge in [-0.15, -0.1) is 0 Å². The van der Waals surface area contributed by atoms with Crippen LogP contribution in [0.4, 0.5) is 5.69 Å². The Morgan fingerprint density at radius 3 is 2.43 bits per heavy atom. The van der Waals surface area contributed by atoms with E-state index >= 15 is 0 Å². The molecule has 0 aromatic heterocycles. The number of carboxylic acid groups (broad SMARTS) is 1. The lowest BCUT2D eigenvalue weighted by Gasteiger charge is -2.05. The molecule has 0 fully saturated rings. The molecule has 0 spiro atoms. The van der Waals surface area contributed by atoms with Crippen LogP contribution in [0.5, 0.6) is 0 Å². The smallest absolute Gasteiger partial charge is 0.335 e. The molecule has 1 heterocycles. The number of hydrogen-bond donors (Lipinski definition) is 3. The molecule has 2 aromatic rings. The number of nitrogens with zero attached hydrogens (tertiary/aromatic N) is 1. The van der Waals surface area contributed by atoms with E-state index in [2.05, 4.69) is 15.6 Å². The molecule has 2 aromatic carbocycles. The minimum atomic E-state index is -0.990. The van der Waals surface area contributed by atoms with E-state index in [0.717, 1.165) is 5.56 Å². The van der Waals surface area contributed by atoms with Gasteiger partial charge in [0.2, 0.25) is 5.96 Å². The molecule has 0 atom stereocenters. The van der Waals surface area contributed by atoms with Crippen molar-refractivity contribution >= 4 is 29.6 Å². The summed E-state index contributed by atoms with van der Waals surface area (Å²) in [6, 6.07) is 15.6. The van der Waals surface area contributed by atoms with Crippen molar-refractivity contribution in [2.24, 2.45) is 4.99 Å². The first-order valence-electron chi connectivity index (χ1n) is 6.89. The molecule has 0 saturated heterocycles. The summed E-state index contributed by atoms with van der Waals surface area (Å²) >= 11 is 0. The summed E-state index contributed by atoms with van der Waals surface area (Å²) in [5.41, 5.74) is 2.02. The van der Waals surface area contributed by atoms with Crippen LogP contribution in [0.15, 0.2) is 65.3 Å². The summed E-state index contributed by atoms with van der Waals surface area (Å²) in [6.45, 7) is 0. The fraction of sp³-hybridized carbons (Fsp3) is 0. The van der Waals surface area contributed by atoms with Crippen LogP contribution in [0.25, 0.3) is 6.08 Å². The SMILES string of the molecule is O=C1NC(Nc2ccc(C(=O)O)cc2)=N/C1=C/c1ccccc1. The number of carboxylic acids is 1. The Morgan fingerprint density at radius 2 is 1.78 bits per heavy atom. The fourth-order valence-corrected chi connectivity index (χ4v) is 2.07. The molecule has 1 aliphatic heterocycles. The second-order valence-electron chi connectivity index (χ2n) is 4.86. The molecule has 0 bridgehead atoms. The topological polar surface area (TPSA) is 90.8 Å². The normalized spacial score (nSPS) is 15.2. The van der Waals surface area contributed by atoms with Gasteiger partial charge in [-0.1, -0.05) is 30.3 Å². The number of anilines is 1. The van der Waals surface area contributed by atoms with Gasteiger partial charge in [0, 0.05) is 5.69 Å². The zero-order valence-corrected chi connectivity index (χ0v) is 12.0. The maximum absolute atomic E-state index is 11.9. The van der Waals surface area contributed by atoms with E-state index in [0.29, 0.717) is 17.3 Å². The first kappa shape index (κ1) is 14.5. The minimum absolute atomic E-state index is 0.192. The molecule has 3 rings (SSSR count). The van der Waals surface area contributed by atoms with Crippen molar-refractivity contribution in [2.75, 3.05) is 5.32 Å². The monoisotopic (exact) mass is 307 g/mol. The van der Waals surface area contributed by atoms with Gasteiger partial charge in [0.25, 0.3) is 5.91 Å². The maximum Gasteiger partial charge on any atom is 0.335 e. The molecule has 6 heteroatoms. The van der Waals surface area contributed by atoms with Gasteiger partial charge in [0.1, 0.15) is 5.70 Å². The Bertz CT molecular complexity index is 809. The predicted octanol–water partition coefficient (Wildman–Crippen LogP) is 2.32. The van der Waals surface area contributed by atoms with Gasteiger partial charge in [-0.05, 0) is 35.9 Å². The lowest BCUT2D eigenvalue weighted by Crippen LogP contribution is -2.29.